The summed E-state index contributed by atoms with van der Waals surface area (Å²) in [4.78, 5) is 33.1. The smallest absolute Gasteiger partial charge is 0.550 e. The number of ether oxygens (including phenoxy) is 1. The number of hydrogen-bond acceptors (Lipinski definition) is 6. The van der Waals surface area contributed by atoms with E-state index in [0.717, 1.165) is 19.3 Å². The summed E-state index contributed by atoms with van der Waals surface area (Å²) in [5.74, 6) is -2.18. The van der Waals surface area contributed by atoms with Crippen LogP contribution in [-0.4, -0.2) is 31.0 Å². The number of rotatable bonds is 16. The van der Waals surface area contributed by atoms with Gasteiger partial charge in [0.2, 0.25) is 0 Å². The molecule has 0 saturated heterocycles. The zero-order chi connectivity index (χ0) is 18.0. The molecular formula is C18H32KNO5. The largest absolute Gasteiger partial charge is 1.00 e. The minimum Gasteiger partial charge on any atom is -0.550 e. The Bertz CT molecular complexity index is 363. The van der Waals surface area contributed by atoms with Gasteiger partial charge < -0.3 is 20.0 Å². The van der Waals surface area contributed by atoms with E-state index in [1.807, 2.05) is 0 Å². The predicted octanol–water partition coefficient (Wildman–Crippen LogP) is -0.899. The van der Waals surface area contributed by atoms with E-state index < -0.39 is 17.9 Å². The van der Waals surface area contributed by atoms with E-state index in [2.05, 4.69) is 12.2 Å². The van der Waals surface area contributed by atoms with Gasteiger partial charge in [-0.1, -0.05) is 58.3 Å². The molecule has 0 aromatic heterocycles. The Morgan fingerprint density at radius 2 is 1.24 bits per heavy atom. The van der Waals surface area contributed by atoms with Crippen LogP contribution in [0.4, 0.5) is 0 Å². The summed E-state index contributed by atoms with van der Waals surface area (Å²) in [6.07, 6.45) is 10.7. The molecule has 6 nitrogen and oxygen atoms in total. The van der Waals surface area contributed by atoms with Crippen molar-refractivity contribution in [2.24, 2.45) is 0 Å². The van der Waals surface area contributed by atoms with Crippen LogP contribution in [0.3, 0.4) is 0 Å². The van der Waals surface area contributed by atoms with E-state index in [0.29, 0.717) is 0 Å². The van der Waals surface area contributed by atoms with Gasteiger partial charge in [-0.25, -0.2) is 0 Å². The fourth-order valence-corrected chi connectivity index (χ4v) is 2.31. The summed E-state index contributed by atoms with van der Waals surface area (Å²) in [6, 6.07) is 0. The summed E-state index contributed by atoms with van der Waals surface area (Å²) in [5, 5.41) is 13.0. The summed E-state index contributed by atoms with van der Waals surface area (Å²) in [7, 11) is 0. The molecule has 0 heterocycles. The van der Waals surface area contributed by atoms with Crippen LogP contribution in [0.25, 0.3) is 0 Å². The van der Waals surface area contributed by atoms with Crippen LogP contribution in [0.15, 0.2) is 0 Å². The van der Waals surface area contributed by atoms with Gasteiger partial charge in [-0.2, -0.15) is 0 Å². The van der Waals surface area contributed by atoms with Crippen molar-refractivity contribution in [1.82, 2.24) is 5.32 Å². The minimum absolute atomic E-state index is 0. The van der Waals surface area contributed by atoms with Gasteiger partial charge in [0.25, 0.3) is 0 Å². The molecule has 0 aliphatic rings. The van der Waals surface area contributed by atoms with Crippen LogP contribution in [0.5, 0.6) is 0 Å². The number of carbonyl (C=O) groups is 3. The summed E-state index contributed by atoms with van der Waals surface area (Å²) in [6.45, 7) is 2.73. The second-order valence-corrected chi connectivity index (χ2v) is 6.05. The fourth-order valence-electron chi connectivity index (χ4n) is 2.31. The van der Waals surface area contributed by atoms with Crippen LogP contribution in [0.2, 0.25) is 0 Å². The van der Waals surface area contributed by atoms with Crippen LogP contribution >= 0.6 is 0 Å². The van der Waals surface area contributed by atoms with E-state index in [9.17, 15) is 19.5 Å². The zero-order valence-corrected chi connectivity index (χ0v) is 19.1. The molecule has 0 saturated carbocycles. The van der Waals surface area contributed by atoms with Crippen molar-refractivity contribution in [2.45, 2.75) is 84.0 Å². The van der Waals surface area contributed by atoms with Crippen LogP contribution in [-0.2, 0) is 19.1 Å². The Kier molecular flexibility index (Phi) is 22.5. The third-order valence-electron chi connectivity index (χ3n) is 3.72. The van der Waals surface area contributed by atoms with Gasteiger partial charge in [0.1, 0.15) is 0 Å². The fraction of sp³-hybridized carbons (Fsp3) is 0.833. The molecule has 0 atom stereocenters. The predicted molar refractivity (Wildman–Crippen MR) is 90.1 cm³/mol. The molecular weight excluding hydrogens is 349 g/mol. The maximum atomic E-state index is 11.5. The van der Waals surface area contributed by atoms with E-state index in [-0.39, 0.29) is 83.7 Å². The van der Waals surface area contributed by atoms with Crippen molar-refractivity contribution >= 4 is 17.9 Å². The molecule has 7 heteroatoms. The van der Waals surface area contributed by atoms with Crippen molar-refractivity contribution in [3.63, 3.8) is 0 Å². The first kappa shape index (κ1) is 27.4. The number of nitrogens with one attached hydrogen (secondary N) is 1. The number of unbranched alkanes of at least 4 members (excludes halogenated alkanes) is 8. The molecule has 0 aromatic carbocycles. The molecule has 1 N–H and O–H groups in total. The van der Waals surface area contributed by atoms with Gasteiger partial charge >= 0.3 is 63.3 Å². The molecule has 0 aromatic rings. The van der Waals surface area contributed by atoms with E-state index in [1.165, 1.54) is 38.5 Å². The maximum absolute atomic E-state index is 11.5. The summed E-state index contributed by atoms with van der Waals surface area (Å²) in [5.41, 5.74) is 0. The van der Waals surface area contributed by atoms with Gasteiger partial charge in [-0.3, -0.25) is 9.59 Å². The number of hydrogen-bond donors (Lipinski definition) is 1. The molecule has 140 valence electrons. The van der Waals surface area contributed by atoms with Crippen molar-refractivity contribution in [2.75, 3.05) is 13.1 Å². The first-order valence-electron chi connectivity index (χ1n) is 9.20. The zero-order valence-electron chi connectivity index (χ0n) is 15.9. The summed E-state index contributed by atoms with van der Waals surface area (Å²) >= 11 is 0. The average molecular weight is 382 g/mol. The molecule has 0 amide bonds. The average Bonchev–Trinajstić information content (AvgIpc) is 2.52. The number of carboxylic acids is 1. The first-order chi connectivity index (χ1) is 11.6. The molecule has 0 bridgehead atoms. The third-order valence-corrected chi connectivity index (χ3v) is 3.72. The van der Waals surface area contributed by atoms with Crippen molar-refractivity contribution in [3.05, 3.63) is 0 Å². The second kappa shape index (κ2) is 20.5. The Morgan fingerprint density at radius 3 is 1.80 bits per heavy atom. The summed E-state index contributed by atoms with van der Waals surface area (Å²) < 4.78 is 4.70. The first-order valence-corrected chi connectivity index (χ1v) is 9.20. The van der Waals surface area contributed by atoms with Gasteiger partial charge in [0, 0.05) is 25.5 Å². The minimum atomic E-state index is -1.14. The topological polar surface area (TPSA) is 95.5 Å². The van der Waals surface area contributed by atoms with Gasteiger partial charge in [-0.15, -0.1) is 0 Å². The van der Waals surface area contributed by atoms with Crippen LogP contribution in [0, 0.1) is 0 Å². The third kappa shape index (κ3) is 22.2. The molecule has 0 fully saturated rings. The molecule has 0 rings (SSSR count). The SMILES string of the molecule is CCCCCCCCCCCC(=O)OC(=O)CCNCCC(=O)[O-].[K+]. The molecule has 0 radical (unpaired) electrons. The number of aliphatic carboxylic acids is 1. The van der Waals surface area contributed by atoms with E-state index in [4.69, 9.17) is 4.74 Å². The Balaban J connectivity index is 0. The molecule has 25 heavy (non-hydrogen) atoms. The van der Waals surface area contributed by atoms with E-state index in [1.54, 1.807) is 0 Å². The van der Waals surface area contributed by atoms with Crippen LogP contribution in [0.1, 0.15) is 84.0 Å². The number of carbonyl (C=O) groups excluding carboxylic acids is 3. The van der Waals surface area contributed by atoms with E-state index >= 15 is 0 Å². The van der Waals surface area contributed by atoms with Crippen LogP contribution < -0.4 is 61.8 Å². The monoisotopic (exact) mass is 381 g/mol. The molecule has 0 unspecified atom stereocenters. The van der Waals surface area contributed by atoms with Crippen molar-refractivity contribution < 1.29 is 75.6 Å². The van der Waals surface area contributed by atoms with Crippen molar-refractivity contribution in [1.29, 1.82) is 0 Å². The van der Waals surface area contributed by atoms with Gasteiger partial charge in [-0.05, 0) is 12.8 Å². The second-order valence-electron chi connectivity index (χ2n) is 6.05. The van der Waals surface area contributed by atoms with Gasteiger partial charge in [0.15, 0.2) is 0 Å². The van der Waals surface area contributed by atoms with Crippen molar-refractivity contribution in [3.8, 4) is 0 Å². The van der Waals surface area contributed by atoms with Gasteiger partial charge in [0.05, 0.1) is 6.42 Å². The molecule has 0 spiro atoms. The Hall–Kier alpha value is 0.206. The molecule has 0 aliphatic carbocycles. The maximum Gasteiger partial charge on any atom is 1.00 e. The Morgan fingerprint density at radius 1 is 0.760 bits per heavy atom. The quantitative estimate of drug-likeness (QED) is 0.161. The normalized spacial score (nSPS) is 10.1. The Labute approximate surface area is 194 Å². The number of carboxylic acid groups (broad SMARTS) is 1. The molecule has 0 aliphatic heterocycles. The number of esters is 2. The standard InChI is InChI=1S/C18H33NO5.K/c1-2-3-4-5-6-7-8-9-10-11-17(22)24-18(23)13-15-19-14-12-16(20)21;/h19H,2-15H2,1H3,(H,20,21);/q;+1/p-1.